The summed E-state index contributed by atoms with van der Waals surface area (Å²) in [4.78, 5) is 0. The van der Waals surface area contributed by atoms with E-state index >= 15 is 0 Å². The highest BCUT2D eigenvalue weighted by atomic mass is 32.2. The Kier molecular flexibility index (Phi) is 3.89. The second-order valence-electron chi connectivity index (χ2n) is 5.06. The van der Waals surface area contributed by atoms with Gasteiger partial charge in [-0.1, -0.05) is 6.07 Å². The number of rotatable bonds is 3. The summed E-state index contributed by atoms with van der Waals surface area (Å²) in [6, 6.07) is 6.15. The molecule has 0 aliphatic carbocycles. The van der Waals surface area contributed by atoms with Crippen molar-refractivity contribution >= 4 is 11.8 Å². The van der Waals surface area contributed by atoms with E-state index in [0.29, 0.717) is 5.92 Å². The van der Waals surface area contributed by atoms with Gasteiger partial charge < -0.3 is 14.2 Å². The summed E-state index contributed by atoms with van der Waals surface area (Å²) in [5, 5.41) is 0.770. The Morgan fingerprint density at radius 2 is 2.00 bits per heavy atom. The average molecular weight is 280 g/mol. The lowest BCUT2D eigenvalue weighted by molar-refractivity contribution is -0.0224. The van der Waals surface area contributed by atoms with E-state index in [1.165, 1.54) is 24.2 Å². The minimum Gasteiger partial charge on any atom is -0.493 e. The van der Waals surface area contributed by atoms with Gasteiger partial charge in [-0.15, -0.1) is 0 Å². The van der Waals surface area contributed by atoms with Crippen molar-refractivity contribution in [3.8, 4) is 11.5 Å². The van der Waals surface area contributed by atoms with Gasteiger partial charge in [0.05, 0.1) is 20.3 Å². The molecule has 104 valence electrons. The van der Waals surface area contributed by atoms with Gasteiger partial charge in [0.2, 0.25) is 0 Å². The molecular formula is C15H20O3S. The summed E-state index contributed by atoms with van der Waals surface area (Å²) in [7, 11) is 3.34. The Labute approximate surface area is 118 Å². The first-order chi connectivity index (χ1) is 9.33. The summed E-state index contributed by atoms with van der Waals surface area (Å²) in [5.41, 5.74) is 1.22. The Hall–Kier alpha value is -0.870. The zero-order valence-electron chi connectivity index (χ0n) is 11.4. The smallest absolute Gasteiger partial charge is 0.161 e. The van der Waals surface area contributed by atoms with E-state index in [-0.39, 0.29) is 6.10 Å². The molecule has 0 radical (unpaired) electrons. The molecule has 1 aromatic carbocycles. The van der Waals surface area contributed by atoms with Gasteiger partial charge in [0.1, 0.15) is 0 Å². The zero-order valence-corrected chi connectivity index (χ0v) is 12.2. The van der Waals surface area contributed by atoms with Crippen LogP contribution in [0.1, 0.15) is 24.5 Å². The maximum absolute atomic E-state index is 6.04. The highest BCUT2D eigenvalue weighted by molar-refractivity contribution is 8.00. The fourth-order valence-electron chi connectivity index (χ4n) is 3.12. The highest BCUT2D eigenvalue weighted by Crippen LogP contribution is 2.47. The maximum atomic E-state index is 6.04. The zero-order chi connectivity index (χ0) is 13.2. The van der Waals surface area contributed by atoms with Crippen molar-refractivity contribution in [1.29, 1.82) is 0 Å². The normalized spacial score (nSPS) is 29.9. The number of hydrogen-bond acceptors (Lipinski definition) is 4. The van der Waals surface area contributed by atoms with Gasteiger partial charge in [-0.05, 0) is 36.3 Å². The maximum Gasteiger partial charge on any atom is 0.161 e. The molecule has 2 fully saturated rings. The second kappa shape index (κ2) is 5.63. The molecule has 0 bridgehead atoms. The SMILES string of the molecule is COc1ccc(C2OCC[C@H]3SCC[C@H]23)cc1OC. The number of hydrogen-bond donors (Lipinski definition) is 0. The molecule has 0 spiro atoms. The molecule has 2 aliphatic heterocycles. The molecule has 2 saturated heterocycles. The summed E-state index contributed by atoms with van der Waals surface area (Å²) in [5.74, 6) is 3.48. The third-order valence-corrected chi connectivity index (χ3v) is 5.57. The van der Waals surface area contributed by atoms with E-state index in [1.54, 1.807) is 14.2 Å². The molecular weight excluding hydrogens is 260 g/mol. The van der Waals surface area contributed by atoms with Crippen LogP contribution in [0.4, 0.5) is 0 Å². The van der Waals surface area contributed by atoms with E-state index < -0.39 is 0 Å². The van der Waals surface area contributed by atoms with Gasteiger partial charge in [-0.2, -0.15) is 11.8 Å². The van der Waals surface area contributed by atoms with Crippen LogP contribution in [0.15, 0.2) is 18.2 Å². The summed E-state index contributed by atoms with van der Waals surface area (Å²) >= 11 is 2.11. The largest absolute Gasteiger partial charge is 0.493 e. The molecule has 2 heterocycles. The number of benzene rings is 1. The molecule has 0 amide bonds. The van der Waals surface area contributed by atoms with E-state index in [0.717, 1.165) is 23.4 Å². The first-order valence-corrected chi connectivity index (χ1v) is 7.83. The lowest BCUT2D eigenvalue weighted by Crippen LogP contribution is -2.29. The lowest BCUT2D eigenvalue weighted by atomic mass is 9.87. The number of fused-ring (bicyclic) bond motifs is 1. The van der Waals surface area contributed by atoms with Crippen molar-refractivity contribution in [2.75, 3.05) is 26.6 Å². The van der Waals surface area contributed by atoms with Crippen molar-refractivity contribution in [2.45, 2.75) is 24.2 Å². The van der Waals surface area contributed by atoms with Crippen LogP contribution >= 0.6 is 11.8 Å². The molecule has 0 saturated carbocycles. The highest BCUT2D eigenvalue weighted by Gasteiger charge is 2.38. The number of ether oxygens (including phenoxy) is 3. The third-order valence-electron chi connectivity index (χ3n) is 4.09. The van der Waals surface area contributed by atoms with Crippen molar-refractivity contribution in [1.82, 2.24) is 0 Å². The average Bonchev–Trinajstić information content (AvgIpc) is 2.94. The van der Waals surface area contributed by atoms with Crippen LogP contribution in [0.25, 0.3) is 0 Å². The van der Waals surface area contributed by atoms with E-state index in [2.05, 4.69) is 23.9 Å². The molecule has 1 aromatic rings. The van der Waals surface area contributed by atoms with Gasteiger partial charge in [-0.3, -0.25) is 0 Å². The summed E-state index contributed by atoms with van der Waals surface area (Å²) in [6.07, 6.45) is 2.67. The van der Waals surface area contributed by atoms with Crippen LogP contribution in [0, 0.1) is 5.92 Å². The van der Waals surface area contributed by atoms with E-state index in [9.17, 15) is 0 Å². The topological polar surface area (TPSA) is 27.7 Å². The van der Waals surface area contributed by atoms with Crippen LogP contribution in [0.3, 0.4) is 0 Å². The van der Waals surface area contributed by atoms with Gasteiger partial charge in [0.25, 0.3) is 0 Å². The molecule has 2 aliphatic rings. The van der Waals surface area contributed by atoms with Crippen LogP contribution in [0.5, 0.6) is 11.5 Å². The molecule has 0 aromatic heterocycles. The Bertz CT molecular complexity index is 449. The first kappa shape index (κ1) is 13.1. The molecule has 19 heavy (non-hydrogen) atoms. The van der Waals surface area contributed by atoms with E-state index in [4.69, 9.17) is 14.2 Å². The van der Waals surface area contributed by atoms with Crippen LogP contribution < -0.4 is 9.47 Å². The second-order valence-corrected chi connectivity index (χ2v) is 6.40. The lowest BCUT2D eigenvalue weighted by Gasteiger charge is -2.33. The van der Waals surface area contributed by atoms with Gasteiger partial charge in [0.15, 0.2) is 11.5 Å². The Morgan fingerprint density at radius 1 is 1.16 bits per heavy atom. The van der Waals surface area contributed by atoms with Gasteiger partial charge in [0, 0.05) is 17.8 Å². The summed E-state index contributed by atoms with van der Waals surface area (Å²) < 4.78 is 16.7. The predicted octanol–water partition coefficient (Wildman–Crippen LogP) is 3.29. The predicted molar refractivity (Wildman–Crippen MR) is 77.2 cm³/mol. The first-order valence-electron chi connectivity index (χ1n) is 6.78. The quantitative estimate of drug-likeness (QED) is 0.849. The van der Waals surface area contributed by atoms with Gasteiger partial charge >= 0.3 is 0 Å². The van der Waals surface area contributed by atoms with Crippen molar-refractivity contribution in [3.63, 3.8) is 0 Å². The Balaban J connectivity index is 1.88. The molecule has 3 atom stereocenters. The van der Waals surface area contributed by atoms with Crippen LogP contribution in [0.2, 0.25) is 0 Å². The van der Waals surface area contributed by atoms with Crippen LogP contribution in [-0.2, 0) is 4.74 Å². The van der Waals surface area contributed by atoms with Crippen molar-refractivity contribution in [2.24, 2.45) is 5.92 Å². The minimum absolute atomic E-state index is 0.216. The fraction of sp³-hybridized carbons (Fsp3) is 0.600. The molecule has 3 rings (SSSR count). The molecule has 3 nitrogen and oxygen atoms in total. The van der Waals surface area contributed by atoms with E-state index in [1.807, 2.05) is 6.07 Å². The minimum atomic E-state index is 0.216. The van der Waals surface area contributed by atoms with Crippen molar-refractivity contribution < 1.29 is 14.2 Å². The fourth-order valence-corrected chi connectivity index (χ4v) is 4.62. The Morgan fingerprint density at radius 3 is 2.79 bits per heavy atom. The van der Waals surface area contributed by atoms with Gasteiger partial charge in [-0.25, -0.2) is 0 Å². The number of thioether (sulfide) groups is 1. The summed E-state index contributed by atoms with van der Waals surface area (Å²) in [6.45, 7) is 0.868. The standard InChI is InChI=1S/C15H20O3S/c1-16-12-4-3-10(9-13(12)17-2)15-11-6-8-19-14(11)5-7-18-15/h3-4,9,11,14-15H,5-8H2,1-2H3/t11-,14+,15?/m0/s1. The molecule has 4 heteroatoms. The number of methoxy groups -OCH3 is 2. The monoisotopic (exact) mass is 280 g/mol. The van der Waals surface area contributed by atoms with Crippen molar-refractivity contribution in [3.05, 3.63) is 23.8 Å². The third kappa shape index (κ3) is 2.43. The molecule has 0 N–H and O–H groups in total. The molecule has 1 unspecified atom stereocenters. The van der Waals surface area contributed by atoms with Crippen LogP contribution in [-0.4, -0.2) is 31.8 Å².